The van der Waals surface area contributed by atoms with Gasteiger partial charge in [0.25, 0.3) is 0 Å². The van der Waals surface area contributed by atoms with Gasteiger partial charge in [0, 0.05) is 19.3 Å². The van der Waals surface area contributed by atoms with E-state index in [1.165, 1.54) is 193 Å². The van der Waals surface area contributed by atoms with Crippen molar-refractivity contribution >= 4 is 17.9 Å². The van der Waals surface area contributed by atoms with Gasteiger partial charge in [-0.25, -0.2) is 0 Å². The van der Waals surface area contributed by atoms with Gasteiger partial charge < -0.3 is 14.2 Å². The maximum absolute atomic E-state index is 12.9. The van der Waals surface area contributed by atoms with E-state index in [1.807, 2.05) is 0 Å². The molecule has 0 aromatic rings. The lowest BCUT2D eigenvalue weighted by atomic mass is 10.0. The fourth-order valence-electron chi connectivity index (χ4n) is 10.1. The Morgan fingerprint density at radius 1 is 0.256 bits per heavy atom. The molecule has 0 amide bonds. The number of hydrogen-bond donors (Lipinski definition) is 0. The standard InChI is InChI=1S/C76H132O6/c1-4-7-10-13-16-19-21-23-25-27-29-31-33-34-35-36-37-38-39-40-41-42-44-45-47-49-51-53-55-57-60-63-66-69-75(78)81-72-73(71-80-74(77)68-65-62-59-18-15-12-9-6-3)82-76(79)70-67-64-61-58-56-54-52-50-48-46-43-32-30-28-26-24-22-20-17-14-11-8-5-2/h7,10,16,19,23,25,29,31,34-35,37-38,40-41,44-45,73H,4-6,8-9,11-15,17-18,20-22,24,26-28,30,32-33,36,39,42-43,46-72H2,1-3H3/b10-7-,19-16-,25-23-,31-29-,35-34-,38-37-,41-40-,45-44-. The number of unbranched alkanes of at least 4 members (excludes halogenated alkanes) is 37. The fourth-order valence-corrected chi connectivity index (χ4v) is 10.1. The van der Waals surface area contributed by atoms with Crippen LogP contribution in [0.1, 0.15) is 348 Å². The summed E-state index contributed by atoms with van der Waals surface area (Å²) >= 11 is 0. The van der Waals surface area contributed by atoms with E-state index in [0.29, 0.717) is 19.3 Å². The van der Waals surface area contributed by atoms with Gasteiger partial charge in [0.15, 0.2) is 6.10 Å². The first-order valence-corrected chi connectivity index (χ1v) is 35.2. The summed E-state index contributed by atoms with van der Waals surface area (Å²) in [5, 5.41) is 0. The molecule has 1 unspecified atom stereocenters. The Balaban J connectivity index is 4.14. The third kappa shape index (κ3) is 67.1. The molecule has 82 heavy (non-hydrogen) atoms. The summed E-state index contributed by atoms with van der Waals surface area (Å²) in [5.74, 6) is -0.872. The predicted octanol–water partition coefficient (Wildman–Crippen LogP) is 24.4. The van der Waals surface area contributed by atoms with E-state index in [2.05, 4.69) is 118 Å². The molecule has 0 aliphatic carbocycles. The van der Waals surface area contributed by atoms with Crippen molar-refractivity contribution in [3.8, 4) is 0 Å². The highest BCUT2D eigenvalue weighted by atomic mass is 16.6. The van der Waals surface area contributed by atoms with Crippen LogP contribution in [0.5, 0.6) is 0 Å². The number of esters is 3. The van der Waals surface area contributed by atoms with Gasteiger partial charge in [-0.15, -0.1) is 0 Å². The zero-order chi connectivity index (χ0) is 59.2. The summed E-state index contributed by atoms with van der Waals surface area (Å²) in [6.45, 7) is 6.53. The highest BCUT2D eigenvalue weighted by molar-refractivity contribution is 5.71. The molecule has 0 aromatic carbocycles. The molecule has 6 nitrogen and oxygen atoms in total. The van der Waals surface area contributed by atoms with Crippen LogP contribution in [0, 0.1) is 0 Å². The zero-order valence-corrected chi connectivity index (χ0v) is 54.2. The summed E-state index contributed by atoms with van der Waals surface area (Å²) < 4.78 is 16.9. The minimum Gasteiger partial charge on any atom is -0.462 e. The Hall–Kier alpha value is -3.67. The van der Waals surface area contributed by atoms with E-state index < -0.39 is 6.10 Å². The molecule has 0 bridgehead atoms. The fraction of sp³-hybridized carbons (Fsp3) is 0.750. The maximum Gasteiger partial charge on any atom is 0.306 e. The smallest absolute Gasteiger partial charge is 0.306 e. The zero-order valence-electron chi connectivity index (χ0n) is 54.2. The second kappa shape index (κ2) is 69.8. The van der Waals surface area contributed by atoms with Gasteiger partial charge in [-0.3, -0.25) is 14.4 Å². The molecule has 1 atom stereocenters. The van der Waals surface area contributed by atoms with E-state index in [4.69, 9.17) is 14.2 Å². The van der Waals surface area contributed by atoms with Crippen LogP contribution in [0.25, 0.3) is 0 Å². The van der Waals surface area contributed by atoms with Crippen molar-refractivity contribution in [3.63, 3.8) is 0 Å². The Morgan fingerprint density at radius 3 is 0.744 bits per heavy atom. The minimum atomic E-state index is -0.777. The molecular weight excluding hydrogens is 1010 g/mol. The Morgan fingerprint density at radius 2 is 0.476 bits per heavy atom. The van der Waals surface area contributed by atoms with Gasteiger partial charge in [-0.05, 0) is 83.5 Å². The van der Waals surface area contributed by atoms with E-state index in [1.54, 1.807) is 0 Å². The van der Waals surface area contributed by atoms with Gasteiger partial charge in [0.1, 0.15) is 13.2 Å². The lowest BCUT2D eigenvalue weighted by Crippen LogP contribution is -2.30. The lowest BCUT2D eigenvalue weighted by Gasteiger charge is -2.18. The number of ether oxygens (including phenoxy) is 3. The van der Waals surface area contributed by atoms with Gasteiger partial charge in [-0.2, -0.15) is 0 Å². The van der Waals surface area contributed by atoms with Crippen LogP contribution in [0.2, 0.25) is 0 Å². The van der Waals surface area contributed by atoms with Crippen LogP contribution in [0.15, 0.2) is 97.2 Å². The van der Waals surface area contributed by atoms with E-state index in [-0.39, 0.29) is 31.1 Å². The number of carbonyl (C=O) groups is 3. The van der Waals surface area contributed by atoms with Gasteiger partial charge >= 0.3 is 17.9 Å². The summed E-state index contributed by atoms with van der Waals surface area (Å²) in [4.78, 5) is 38.2. The Kier molecular flexibility index (Phi) is 66.7. The molecule has 6 heteroatoms. The summed E-state index contributed by atoms with van der Waals surface area (Å²) in [7, 11) is 0. The molecule has 0 radical (unpaired) electrons. The van der Waals surface area contributed by atoms with E-state index in [9.17, 15) is 14.4 Å². The molecule has 0 N–H and O–H groups in total. The van der Waals surface area contributed by atoms with Crippen molar-refractivity contribution in [3.05, 3.63) is 97.2 Å². The van der Waals surface area contributed by atoms with Crippen LogP contribution in [0.4, 0.5) is 0 Å². The molecule has 0 fully saturated rings. The first kappa shape index (κ1) is 78.3. The van der Waals surface area contributed by atoms with Crippen LogP contribution < -0.4 is 0 Å². The minimum absolute atomic E-state index is 0.0752. The molecule has 0 aliphatic rings. The average molecular weight is 1140 g/mol. The van der Waals surface area contributed by atoms with E-state index >= 15 is 0 Å². The maximum atomic E-state index is 12.9. The second-order valence-corrected chi connectivity index (χ2v) is 23.4. The van der Waals surface area contributed by atoms with Gasteiger partial charge in [0.05, 0.1) is 0 Å². The summed E-state index contributed by atoms with van der Waals surface area (Å²) in [6.07, 6.45) is 94.5. The number of allylic oxidation sites excluding steroid dienone is 16. The molecule has 0 rings (SSSR count). The largest absolute Gasteiger partial charge is 0.462 e. The second-order valence-electron chi connectivity index (χ2n) is 23.4. The van der Waals surface area contributed by atoms with Crippen molar-refractivity contribution in [2.75, 3.05) is 13.2 Å². The third-order valence-corrected chi connectivity index (χ3v) is 15.4. The number of hydrogen-bond acceptors (Lipinski definition) is 6. The molecule has 0 saturated carbocycles. The highest BCUT2D eigenvalue weighted by Gasteiger charge is 2.19. The van der Waals surface area contributed by atoms with Gasteiger partial charge in [0.2, 0.25) is 0 Å². The normalized spacial score (nSPS) is 12.7. The Bertz CT molecular complexity index is 1590. The lowest BCUT2D eigenvalue weighted by molar-refractivity contribution is -0.167. The predicted molar refractivity (Wildman–Crippen MR) is 357 cm³/mol. The topological polar surface area (TPSA) is 78.9 Å². The molecule has 0 aromatic heterocycles. The third-order valence-electron chi connectivity index (χ3n) is 15.4. The monoisotopic (exact) mass is 1140 g/mol. The van der Waals surface area contributed by atoms with Crippen molar-refractivity contribution in [1.29, 1.82) is 0 Å². The number of carbonyl (C=O) groups excluding carboxylic acids is 3. The molecular formula is C76H132O6. The summed E-state index contributed by atoms with van der Waals surface area (Å²) in [6, 6.07) is 0. The SMILES string of the molecule is CC/C=C\C/C=C\C/C=C\C/C=C\C/C=C\C/C=C\C/C=C\C/C=C\CCCCCCCCCCC(=O)OCC(COC(=O)CCCCCCCCCC)OC(=O)CCCCCCCCCCCCCCCCCCCCCCCCC. The molecule has 0 aliphatic heterocycles. The molecule has 0 heterocycles. The summed E-state index contributed by atoms with van der Waals surface area (Å²) in [5.41, 5.74) is 0. The molecule has 472 valence electrons. The van der Waals surface area contributed by atoms with Crippen molar-refractivity contribution in [2.24, 2.45) is 0 Å². The van der Waals surface area contributed by atoms with Gasteiger partial charge in [-0.1, -0.05) is 343 Å². The quantitative estimate of drug-likeness (QED) is 0.0261. The van der Waals surface area contributed by atoms with E-state index in [0.717, 1.165) is 116 Å². The van der Waals surface area contributed by atoms with Crippen LogP contribution in [-0.2, 0) is 28.6 Å². The molecule has 0 spiro atoms. The van der Waals surface area contributed by atoms with Crippen molar-refractivity contribution < 1.29 is 28.6 Å². The van der Waals surface area contributed by atoms with Crippen LogP contribution in [-0.4, -0.2) is 37.2 Å². The van der Waals surface area contributed by atoms with Crippen molar-refractivity contribution in [2.45, 2.75) is 354 Å². The number of rotatable bonds is 64. The van der Waals surface area contributed by atoms with Crippen LogP contribution >= 0.6 is 0 Å². The first-order chi connectivity index (χ1) is 40.5. The highest BCUT2D eigenvalue weighted by Crippen LogP contribution is 2.18. The average Bonchev–Trinajstić information content (AvgIpc) is 3.47. The first-order valence-electron chi connectivity index (χ1n) is 35.2. The Labute approximate surface area is 508 Å². The molecule has 0 saturated heterocycles. The van der Waals surface area contributed by atoms with Crippen LogP contribution in [0.3, 0.4) is 0 Å². The van der Waals surface area contributed by atoms with Crippen molar-refractivity contribution in [1.82, 2.24) is 0 Å².